The summed E-state index contributed by atoms with van der Waals surface area (Å²) in [6.07, 6.45) is 3.24. The van der Waals surface area contributed by atoms with Gasteiger partial charge in [0.2, 0.25) is 5.95 Å². The molecule has 4 rings (SSSR count). The third kappa shape index (κ3) is 3.81. The van der Waals surface area contributed by atoms with Gasteiger partial charge in [-0.05, 0) is 24.3 Å². The third-order valence-electron chi connectivity index (χ3n) is 5.02. The normalized spacial score (nSPS) is 14.0. The number of benzene rings is 2. The molecule has 6 heteroatoms. The van der Waals surface area contributed by atoms with Crippen molar-refractivity contribution in [3.05, 3.63) is 78.6 Å². The van der Waals surface area contributed by atoms with E-state index in [1.807, 2.05) is 65.4 Å². The Balaban J connectivity index is 1.39. The largest absolute Gasteiger partial charge is 0.368 e. The molecule has 1 aliphatic heterocycles. The molecule has 28 heavy (non-hydrogen) atoms. The van der Waals surface area contributed by atoms with E-state index in [4.69, 9.17) is 0 Å². The van der Waals surface area contributed by atoms with E-state index in [0.29, 0.717) is 24.6 Å². The molecular weight excluding hydrogens is 350 g/mol. The van der Waals surface area contributed by atoms with E-state index in [-0.39, 0.29) is 5.91 Å². The number of nitrogens with zero attached hydrogens (tertiary/aromatic N) is 5. The van der Waals surface area contributed by atoms with Crippen LogP contribution >= 0.6 is 0 Å². The highest BCUT2D eigenvalue weighted by Crippen LogP contribution is 2.20. The summed E-state index contributed by atoms with van der Waals surface area (Å²) < 4.78 is 0. The molecule has 0 atom stereocenters. The van der Waals surface area contributed by atoms with Crippen LogP contribution in [0.2, 0.25) is 0 Å². The van der Waals surface area contributed by atoms with Crippen molar-refractivity contribution in [2.24, 2.45) is 0 Å². The van der Waals surface area contributed by atoms with Crippen LogP contribution < -0.4 is 9.80 Å². The van der Waals surface area contributed by atoms with Gasteiger partial charge in [0.1, 0.15) is 0 Å². The highest BCUT2D eigenvalue weighted by molar-refractivity contribution is 5.94. The van der Waals surface area contributed by atoms with Gasteiger partial charge in [-0.1, -0.05) is 36.4 Å². The molecule has 0 N–H and O–H groups in total. The molecule has 1 fully saturated rings. The molecule has 0 saturated carbocycles. The SMILES string of the molecule is CN(c1ccccc1)c1ncc(C(=O)N2CCN(c3ccccc3)CC2)cn1. The summed E-state index contributed by atoms with van der Waals surface area (Å²) in [5, 5.41) is 0. The summed E-state index contributed by atoms with van der Waals surface area (Å²) in [7, 11) is 1.91. The average molecular weight is 373 g/mol. The lowest BCUT2D eigenvalue weighted by molar-refractivity contribution is 0.0746. The summed E-state index contributed by atoms with van der Waals surface area (Å²) in [4.78, 5) is 27.7. The smallest absolute Gasteiger partial charge is 0.257 e. The molecular formula is C22H23N5O. The molecule has 6 nitrogen and oxygen atoms in total. The molecule has 2 aromatic carbocycles. The van der Waals surface area contributed by atoms with Gasteiger partial charge in [0.25, 0.3) is 5.91 Å². The van der Waals surface area contributed by atoms with Crippen molar-refractivity contribution in [2.45, 2.75) is 0 Å². The summed E-state index contributed by atoms with van der Waals surface area (Å²) in [5.74, 6) is 0.554. The molecule has 1 saturated heterocycles. The molecule has 0 spiro atoms. The summed E-state index contributed by atoms with van der Waals surface area (Å²) in [6.45, 7) is 3.04. The number of rotatable bonds is 4. The second kappa shape index (κ2) is 8.08. The van der Waals surface area contributed by atoms with E-state index in [1.54, 1.807) is 12.4 Å². The first-order chi connectivity index (χ1) is 13.7. The Morgan fingerprint density at radius 3 is 2.04 bits per heavy atom. The maximum atomic E-state index is 12.8. The van der Waals surface area contributed by atoms with Gasteiger partial charge in [-0.15, -0.1) is 0 Å². The fourth-order valence-corrected chi connectivity index (χ4v) is 3.36. The fraction of sp³-hybridized carbons (Fsp3) is 0.227. The van der Waals surface area contributed by atoms with E-state index in [9.17, 15) is 4.79 Å². The number of hydrogen-bond donors (Lipinski definition) is 0. The second-order valence-corrected chi connectivity index (χ2v) is 6.78. The monoisotopic (exact) mass is 373 g/mol. The van der Waals surface area contributed by atoms with Crippen LogP contribution in [0.25, 0.3) is 0 Å². The van der Waals surface area contributed by atoms with Crippen molar-refractivity contribution in [3.8, 4) is 0 Å². The van der Waals surface area contributed by atoms with Crippen LogP contribution in [0.3, 0.4) is 0 Å². The third-order valence-corrected chi connectivity index (χ3v) is 5.02. The number of hydrogen-bond acceptors (Lipinski definition) is 5. The Morgan fingerprint density at radius 1 is 0.857 bits per heavy atom. The Bertz CT molecular complexity index is 907. The van der Waals surface area contributed by atoms with Crippen molar-refractivity contribution in [1.29, 1.82) is 0 Å². The van der Waals surface area contributed by atoms with Gasteiger partial charge in [0, 0.05) is 57.0 Å². The van der Waals surface area contributed by atoms with Crippen molar-refractivity contribution in [1.82, 2.24) is 14.9 Å². The van der Waals surface area contributed by atoms with Gasteiger partial charge >= 0.3 is 0 Å². The molecule has 1 aliphatic rings. The van der Waals surface area contributed by atoms with Crippen molar-refractivity contribution >= 4 is 23.2 Å². The number of aromatic nitrogens is 2. The van der Waals surface area contributed by atoms with E-state index in [0.717, 1.165) is 18.8 Å². The van der Waals surface area contributed by atoms with Gasteiger partial charge in [0.05, 0.1) is 5.56 Å². The Labute approximate surface area is 165 Å². The molecule has 0 aliphatic carbocycles. The van der Waals surface area contributed by atoms with E-state index < -0.39 is 0 Å². The van der Waals surface area contributed by atoms with Crippen LogP contribution in [0.4, 0.5) is 17.3 Å². The Kier molecular flexibility index (Phi) is 5.19. The van der Waals surface area contributed by atoms with Gasteiger partial charge < -0.3 is 14.7 Å². The first kappa shape index (κ1) is 18.0. The topological polar surface area (TPSA) is 52.6 Å². The van der Waals surface area contributed by atoms with Crippen molar-refractivity contribution in [2.75, 3.05) is 43.0 Å². The highest BCUT2D eigenvalue weighted by atomic mass is 16.2. The number of piperazine rings is 1. The zero-order valence-electron chi connectivity index (χ0n) is 15.9. The standard InChI is InChI=1S/C22H23N5O/c1-25(19-8-4-2-5-9-19)22-23-16-18(17-24-22)21(28)27-14-12-26(13-15-27)20-10-6-3-7-11-20/h2-11,16-17H,12-15H2,1H3. The van der Waals surface area contributed by atoms with Crippen LogP contribution in [0, 0.1) is 0 Å². The molecule has 3 aromatic rings. The number of carbonyl (C=O) groups is 1. The molecule has 0 bridgehead atoms. The Hall–Kier alpha value is -3.41. The first-order valence-electron chi connectivity index (χ1n) is 9.42. The number of carbonyl (C=O) groups excluding carboxylic acids is 1. The minimum absolute atomic E-state index is 0.0124. The minimum atomic E-state index is -0.0124. The lowest BCUT2D eigenvalue weighted by Gasteiger charge is -2.36. The Morgan fingerprint density at radius 2 is 1.43 bits per heavy atom. The molecule has 2 heterocycles. The van der Waals surface area contributed by atoms with Gasteiger partial charge in [0.15, 0.2) is 0 Å². The van der Waals surface area contributed by atoms with Crippen LogP contribution in [0.5, 0.6) is 0 Å². The fourth-order valence-electron chi connectivity index (χ4n) is 3.36. The number of amides is 1. The van der Waals surface area contributed by atoms with E-state index >= 15 is 0 Å². The number of anilines is 3. The zero-order chi connectivity index (χ0) is 19.3. The van der Waals surface area contributed by atoms with Crippen molar-refractivity contribution in [3.63, 3.8) is 0 Å². The molecule has 0 radical (unpaired) electrons. The quantitative estimate of drug-likeness (QED) is 0.703. The molecule has 1 amide bonds. The van der Waals surface area contributed by atoms with Crippen LogP contribution in [-0.2, 0) is 0 Å². The van der Waals surface area contributed by atoms with Gasteiger partial charge in [-0.2, -0.15) is 0 Å². The average Bonchev–Trinajstić information content (AvgIpc) is 2.79. The predicted octanol–water partition coefficient (Wildman–Crippen LogP) is 3.21. The van der Waals surface area contributed by atoms with Crippen LogP contribution in [0.15, 0.2) is 73.1 Å². The van der Waals surface area contributed by atoms with Gasteiger partial charge in [-0.25, -0.2) is 9.97 Å². The predicted molar refractivity (Wildman–Crippen MR) is 111 cm³/mol. The van der Waals surface area contributed by atoms with Gasteiger partial charge in [-0.3, -0.25) is 4.79 Å². The summed E-state index contributed by atoms with van der Waals surface area (Å²) in [6, 6.07) is 20.2. The minimum Gasteiger partial charge on any atom is -0.368 e. The summed E-state index contributed by atoms with van der Waals surface area (Å²) >= 11 is 0. The van der Waals surface area contributed by atoms with Crippen molar-refractivity contribution < 1.29 is 4.79 Å². The van der Waals surface area contributed by atoms with Crippen LogP contribution in [-0.4, -0.2) is 54.0 Å². The maximum Gasteiger partial charge on any atom is 0.257 e. The van der Waals surface area contributed by atoms with Crippen LogP contribution in [0.1, 0.15) is 10.4 Å². The zero-order valence-corrected chi connectivity index (χ0v) is 15.9. The molecule has 0 unspecified atom stereocenters. The lowest BCUT2D eigenvalue weighted by Crippen LogP contribution is -2.48. The summed E-state index contributed by atoms with van der Waals surface area (Å²) in [5.41, 5.74) is 2.73. The molecule has 142 valence electrons. The lowest BCUT2D eigenvalue weighted by atomic mass is 10.2. The maximum absolute atomic E-state index is 12.8. The first-order valence-corrected chi connectivity index (χ1v) is 9.42. The van der Waals surface area contributed by atoms with E-state index in [2.05, 4.69) is 27.0 Å². The second-order valence-electron chi connectivity index (χ2n) is 6.78. The highest BCUT2D eigenvalue weighted by Gasteiger charge is 2.23. The molecule has 1 aromatic heterocycles. The number of para-hydroxylation sites is 2. The van der Waals surface area contributed by atoms with E-state index in [1.165, 1.54) is 5.69 Å².